The zero-order valence-corrected chi connectivity index (χ0v) is 10.7. The second-order valence-electron chi connectivity index (χ2n) is 3.28. The molecule has 0 bridgehead atoms. The van der Waals surface area contributed by atoms with Crippen molar-refractivity contribution >= 4 is 27.5 Å². The predicted octanol–water partition coefficient (Wildman–Crippen LogP) is 2.32. The van der Waals surface area contributed by atoms with Crippen molar-refractivity contribution in [3.8, 4) is 11.3 Å². The third-order valence-corrected chi connectivity index (χ3v) is 2.91. The first kappa shape index (κ1) is 11.6. The van der Waals surface area contributed by atoms with Gasteiger partial charge in [-0.15, -0.1) is 5.10 Å². The number of hydrogen-bond donors (Lipinski definition) is 1. The Balaban J connectivity index is 2.35. The van der Waals surface area contributed by atoms with Crippen molar-refractivity contribution in [3.63, 3.8) is 0 Å². The molecule has 6 heteroatoms. The minimum Gasteiger partial charge on any atom is -0.329 e. The molecule has 0 amide bonds. The average Bonchev–Trinajstić information content (AvgIpc) is 2.67. The van der Waals surface area contributed by atoms with Crippen molar-refractivity contribution in [2.75, 3.05) is 6.54 Å². The summed E-state index contributed by atoms with van der Waals surface area (Å²) in [7, 11) is 0. The van der Waals surface area contributed by atoms with E-state index in [4.69, 9.17) is 17.3 Å². The second-order valence-corrected chi connectivity index (χ2v) is 4.60. The van der Waals surface area contributed by atoms with E-state index >= 15 is 0 Å². The van der Waals surface area contributed by atoms with Gasteiger partial charge in [-0.2, -0.15) is 0 Å². The summed E-state index contributed by atoms with van der Waals surface area (Å²) < 4.78 is 2.64. The van der Waals surface area contributed by atoms with E-state index in [0.717, 1.165) is 15.7 Å². The highest BCUT2D eigenvalue weighted by Gasteiger charge is 2.08. The maximum absolute atomic E-state index is 6.12. The molecule has 0 unspecified atom stereocenters. The molecule has 0 radical (unpaired) electrons. The lowest BCUT2D eigenvalue weighted by atomic mass is 10.2. The first-order valence-corrected chi connectivity index (χ1v) is 5.93. The van der Waals surface area contributed by atoms with Gasteiger partial charge in [-0.3, -0.25) is 4.68 Å². The molecule has 0 fully saturated rings. The highest BCUT2D eigenvalue weighted by molar-refractivity contribution is 9.10. The predicted molar refractivity (Wildman–Crippen MR) is 67.2 cm³/mol. The van der Waals surface area contributed by atoms with Gasteiger partial charge in [-0.1, -0.05) is 38.8 Å². The Morgan fingerprint density at radius 1 is 1.44 bits per heavy atom. The van der Waals surface area contributed by atoms with E-state index < -0.39 is 0 Å². The second kappa shape index (κ2) is 4.95. The number of nitrogens with zero attached hydrogens (tertiary/aromatic N) is 3. The first-order chi connectivity index (χ1) is 7.70. The molecule has 1 aromatic carbocycles. The van der Waals surface area contributed by atoms with Gasteiger partial charge in [0.2, 0.25) is 0 Å². The number of halogens is 2. The van der Waals surface area contributed by atoms with Gasteiger partial charge in [0, 0.05) is 16.6 Å². The Hall–Kier alpha value is -0.910. The van der Waals surface area contributed by atoms with Crippen molar-refractivity contribution < 1.29 is 0 Å². The molecule has 4 nitrogen and oxygen atoms in total. The number of benzene rings is 1. The number of aromatic nitrogens is 3. The number of rotatable bonds is 3. The van der Waals surface area contributed by atoms with E-state index in [0.29, 0.717) is 18.1 Å². The van der Waals surface area contributed by atoms with Crippen LogP contribution in [0.25, 0.3) is 11.3 Å². The fraction of sp³-hybridized carbons (Fsp3) is 0.200. The van der Waals surface area contributed by atoms with Crippen molar-refractivity contribution in [3.05, 3.63) is 33.9 Å². The van der Waals surface area contributed by atoms with Crippen LogP contribution < -0.4 is 5.73 Å². The van der Waals surface area contributed by atoms with Gasteiger partial charge in [-0.05, 0) is 12.1 Å². The van der Waals surface area contributed by atoms with Gasteiger partial charge in [0.1, 0.15) is 5.69 Å². The van der Waals surface area contributed by atoms with E-state index in [1.165, 1.54) is 0 Å². The molecular formula is C10H10BrClN4. The Kier molecular flexibility index (Phi) is 3.58. The first-order valence-electron chi connectivity index (χ1n) is 4.76. The summed E-state index contributed by atoms with van der Waals surface area (Å²) in [6.45, 7) is 1.19. The average molecular weight is 302 g/mol. The van der Waals surface area contributed by atoms with E-state index in [-0.39, 0.29) is 0 Å². The molecule has 2 N–H and O–H groups in total. The van der Waals surface area contributed by atoms with E-state index in [1.807, 2.05) is 24.4 Å². The van der Waals surface area contributed by atoms with Crippen LogP contribution in [0, 0.1) is 0 Å². The van der Waals surface area contributed by atoms with E-state index in [2.05, 4.69) is 26.2 Å². The quantitative estimate of drug-likeness (QED) is 0.946. The highest BCUT2D eigenvalue weighted by Crippen LogP contribution is 2.28. The Labute approximate surface area is 107 Å². The zero-order chi connectivity index (χ0) is 11.5. The fourth-order valence-electron chi connectivity index (χ4n) is 1.36. The largest absolute Gasteiger partial charge is 0.329 e. The molecule has 16 heavy (non-hydrogen) atoms. The molecule has 2 aromatic rings. The van der Waals surface area contributed by atoms with Gasteiger partial charge in [0.25, 0.3) is 0 Å². The SMILES string of the molecule is NCCn1cc(-c2ccc(Br)cc2Cl)nn1. The lowest BCUT2D eigenvalue weighted by Gasteiger charge is -2.00. The summed E-state index contributed by atoms with van der Waals surface area (Å²) in [5.74, 6) is 0. The number of nitrogens with two attached hydrogens (primary N) is 1. The highest BCUT2D eigenvalue weighted by atomic mass is 79.9. The molecule has 0 saturated heterocycles. The summed E-state index contributed by atoms with van der Waals surface area (Å²) in [5, 5.41) is 8.66. The molecule has 0 atom stereocenters. The zero-order valence-electron chi connectivity index (χ0n) is 8.40. The molecule has 1 aromatic heterocycles. The minimum absolute atomic E-state index is 0.539. The lowest BCUT2D eigenvalue weighted by molar-refractivity contribution is 0.598. The molecule has 0 aliphatic carbocycles. The molecule has 1 heterocycles. The third-order valence-electron chi connectivity index (χ3n) is 2.10. The van der Waals surface area contributed by atoms with Crippen LogP contribution in [-0.4, -0.2) is 21.5 Å². The van der Waals surface area contributed by atoms with Crippen molar-refractivity contribution in [1.82, 2.24) is 15.0 Å². The van der Waals surface area contributed by atoms with Gasteiger partial charge in [0.05, 0.1) is 17.8 Å². The van der Waals surface area contributed by atoms with Crippen LogP contribution in [-0.2, 0) is 6.54 Å². The fourth-order valence-corrected chi connectivity index (χ4v) is 2.13. The van der Waals surface area contributed by atoms with Gasteiger partial charge in [0.15, 0.2) is 0 Å². The Morgan fingerprint density at radius 2 is 2.25 bits per heavy atom. The summed E-state index contributed by atoms with van der Waals surface area (Å²) in [5.41, 5.74) is 7.06. The Bertz CT molecular complexity index is 497. The van der Waals surface area contributed by atoms with Crippen LogP contribution in [0.1, 0.15) is 0 Å². The van der Waals surface area contributed by atoms with Crippen LogP contribution in [0.15, 0.2) is 28.9 Å². The monoisotopic (exact) mass is 300 g/mol. The minimum atomic E-state index is 0.539. The molecule has 0 aliphatic heterocycles. The van der Waals surface area contributed by atoms with E-state index in [9.17, 15) is 0 Å². The molecule has 2 rings (SSSR count). The lowest BCUT2D eigenvalue weighted by Crippen LogP contribution is -2.10. The maximum Gasteiger partial charge on any atom is 0.114 e. The van der Waals surface area contributed by atoms with Crippen LogP contribution in [0.4, 0.5) is 0 Å². The summed E-state index contributed by atoms with van der Waals surface area (Å²) >= 11 is 9.48. The maximum atomic E-state index is 6.12. The number of hydrogen-bond acceptors (Lipinski definition) is 3. The van der Waals surface area contributed by atoms with Gasteiger partial charge < -0.3 is 5.73 Å². The summed E-state index contributed by atoms with van der Waals surface area (Å²) in [6.07, 6.45) is 1.84. The molecule has 84 valence electrons. The topological polar surface area (TPSA) is 56.7 Å². The van der Waals surface area contributed by atoms with Crippen molar-refractivity contribution in [2.24, 2.45) is 5.73 Å². The summed E-state index contributed by atoms with van der Waals surface area (Å²) in [6, 6.07) is 5.66. The van der Waals surface area contributed by atoms with Crippen LogP contribution in [0.2, 0.25) is 5.02 Å². The third kappa shape index (κ3) is 2.42. The molecule has 0 spiro atoms. The molecular weight excluding hydrogens is 291 g/mol. The van der Waals surface area contributed by atoms with Gasteiger partial charge >= 0.3 is 0 Å². The van der Waals surface area contributed by atoms with Crippen LogP contribution in [0.5, 0.6) is 0 Å². The Morgan fingerprint density at radius 3 is 2.94 bits per heavy atom. The normalized spacial score (nSPS) is 10.7. The van der Waals surface area contributed by atoms with Crippen molar-refractivity contribution in [1.29, 1.82) is 0 Å². The molecule has 0 saturated carbocycles. The summed E-state index contributed by atoms with van der Waals surface area (Å²) in [4.78, 5) is 0. The van der Waals surface area contributed by atoms with Gasteiger partial charge in [-0.25, -0.2) is 0 Å². The smallest absolute Gasteiger partial charge is 0.114 e. The van der Waals surface area contributed by atoms with Crippen LogP contribution in [0.3, 0.4) is 0 Å². The standard InChI is InChI=1S/C10H10BrClN4/c11-7-1-2-8(9(12)5-7)10-6-16(4-3-13)15-14-10/h1-2,5-6H,3-4,13H2. The van der Waals surface area contributed by atoms with Crippen LogP contribution >= 0.6 is 27.5 Å². The van der Waals surface area contributed by atoms with Crippen molar-refractivity contribution in [2.45, 2.75) is 6.54 Å². The molecule has 0 aliphatic rings. The van der Waals surface area contributed by atoms with E-state index in [1.54, 1.807) is 4.68 Å².